The number of nitrogens with one attached hydrogen (secondary N) is 1. The summed E-state index contributed by atoms with van der Waals surface area (Å²) < 4.78 is 30.9. The van der Waals surface area contributed by atoms with E-state index in [9.17, 15) is 13.2 Å². The van der Waals surface area contributed by atoms with Crippen LogP contribution in [0.1, 0.15) is 55.5 Å². The summed E-state index contributed by atoms with van der Waals surface area (Å²) in [6, 6.07) is 0. The Hall–Kier alpha value is -1.45. The zero-order valence-electron chi connectivity index (χ0n) is 15.4. The van der Waals surface area contributed by atoms with Crippen LogP contribution in [-0.2, 0) is 21.2 Å². The predicted molar refractivity (Wildman–Crippen MR) is 92.8 cm³/mol. The summed E-state index contributed by atoms with van der Waals surface area (Å²) in [6.07, 6.45) is 1.75. The monoisotopic (exact) mass is 370 g/mol. The standard InChI is InChI=1S/C16H26N4O4S/c1-10-8-12-13(11(2)24-10)17-18-14(12)15(21)20-7-6-19(25(5,22)23)9-16(20,3)4/h10-11H,6-9H2,1-5H3,(H,17,18)/t10-,11+/m1/s1. The molecule has 9 heteroatoms. The number of ether oxygens (including phenoxy) is 1. The molecular weight excluding hydrogens is 344 g/mol. The summed E-state index contributed by atoms with van der Waals surface area (Å²) in [6.45, 7) is 8.62. The molecule has 1 aromatic rings. The molecule has 1 saturated heterocycles. The van der Waals surface area contributed by atoms with E-state index in [4.69, 9.17) is 4.74 Å². The average molecular weight is 370 g/mol. The summed E-state index contributed by atoms with van der Waals surface area (Å²) in [4.78, 5) is 14.9. The molecule has 3 heterocycles. The van der Waals surface area contributed by atoms with Crippen molar-refractivity contribution in [1.29, 1.82) is 0 Å². The van der Waals surface area contributed by atoms with Gasteiger partial charge in [-0.15, -0.1) is 0 Å². The third kappa shape index (κ3) is 3.32. The van der Waals surface area contributed by atoms with Crippen molar-refractivity contribution in [3.8, 4) is 0 Å². The Morgan fingerprint density at radius 3 is 2.60 bits per heavy atom. The van der Waals surface area contributed by atoms with Crippen molar-refractivity contribution < 1.29 is 17.9 Å². The molecule has 3 rings (SSSR count). The van der Waals surface area contributed by atoms with Gasteiger partial charge in [0, 0.05) is 31.6 Å². The van der Waals surface area contributed by atoms with Crippen LogP contribution in [0.2, 0.25) is 0 Å². The van der Waals surface area contributed by atoms with Crippen LogP contribution in [-0.4, -0.2) is 71.3 Å². The first-order valence-corrected chi connectivity index (χ1v) is 10.3. The smallest absolute Gasteiger partial charge is 0.275 e. The van der Waals surface area contributed by atoms with Crippen LogP contribution >= 0.6 is 0 Å². The van der Waals surface area contributed by atoms with Crippen LogP contribution in [0.4, 0.5) is 0 Å². The minimum Gasteiger partial charge on any atom is -0.369 e. The first kappa shape index (κ1) is 18.3. The molecule has 1 aromatic heterocycles. The fraction of sp³-hybridized carbons (Fsp3) is 0.750. The first-order chi connectivity index (χ1) is 11.5. The number of sulfonamides is 1. The molecule has 8 nitrogen and oxygen atoms in total. The number of nitrogens with zero attached hydrogens (tertiary/aromatic N) is 3. The Balaban J connectivity index is 1.88. The van der Waals surface area contributed by atoms with Crippen LogP contribution in [0.15, 0.2) is 0 Å². The molecule has 0 aliphatic carbocycles. The Kier molecular flexibility index (Phi) is 4.45. The molecule has 2 atom stereocenters. The van der Waals surface area contributed by atoms with Crippen molar-refractivity contribution in [2.24, 2.45) is 0 Å². The summed E-state index contributed by atoms with van der Waals surface area (Å²) in [5.41, 5.74) is 1.59. The zero-order chi connectivity index (χ0) is 18.6. The number of fused-ring (bicyclic) bond motifs is 1. The lowest BCUT2D eigenvalue weighted by Gasteiger charge is -2.46. The van der Waals surface area contributed by atoms with E-state index >= 15 is 0 Å². The minimum absolute atomic E-state index is 0.0294. The number of piperazine rings is 1. The van der Waals surface area contributed by atoms with Gasteiger partial charge in [-0.2, -0.15) is 9.40 Å². The number of H-pyrrole nitrogens is 1. The van der Waals surface area contributed by atoms with Gasteiger partial charge >= 0.3 is 0 Å². The van der Waals surface area contributed by atoms with E-state index in [1.165, 1.54) is 10.6 Å². The molecule has 0 aromatic carbocycles. The molecule has 0 unspecified atom stereocenters. The molecule has 25 heavy (non-hydrogen) atoms. The van der Waals surface area contributed by atoms with Gasteiger partial charge < -0.3 is 9.64 Å². The molecule has 0 bridgehead atoms. The first-order valence-electron chi connectivity index (χ1n) is 8.50. The topological polar surface area (TPSA) is 95.6 Å². The van der Waals surface area contributed by atoms with E-state index in [1.54, 1.807) is 4.90 Å². The molecule has 2 aliphatic heterocycles. The number of hydrogen-bond donors (Lipinski definition) is 1. The normalized spacial score (nSPS) is 27.2. The Morgan fingerprint density at radius 1 is 1.32 bits per heavy atom. The van der Waals surface area contributed by atoms with Gasteiger partial charge in [-0.3, -0.25) is 9.89 Å². The van der Waals surface area contributed by atoms with E-state index in [1.807, 2.05) is 27.7 Å². The lowest BCUT2D eigenvalue weighted by Crippen LogP contribution is -2.62. The predicted octanol–water partition coefficient (Wildman–Crippen LogP) is 0.928. The highest BCUT2D eigenvalue weighted by Gasteiger charge is 2.42. The maximum absolute atomic E-state index is 13.2. The average Bonchev–Trinajstić information content (AvgIpc) is 2.88. The van der Waals surface area contributed by atoms with Crippen molar-refractivity contribution >= 4 is 15.9 Å². The van der Waals surface area contributed by atoms with Gasteiger partial charge in [-0.1, -0.05) is 0 Å². The third-order valence-corrected chi connectivity index (χ3v) is 6.27. The summed E-state index contributed by atoms with van der Waals surface area (Å²) in [5.74, 6) is -0.156. The highest BCUT2D eigenvalue weighted by Crippen LogP contribution is 2.32. The van der Waals surface area contributed by atoms with Crippen LogP contribution in [0.5, 0.6) is 0 Å². The zero-order valence-corrected chi connectivity index (χ0v) is 16.2. The van der Waals surface area contributed by atoms with Crippen molar-refractivity contribution in [2.45, 2.75) is 51.9 Å². The second kappa shape index (κ2) is 6.07. The molecule has 0 spiro atoms. The molecule has 0 radical (unpaired) electrons. The number of carbonyl (C=O) groups excluding carboxylic acids is 1. The highest BCUT2D eigenvalue weighted by atomic mass is 32.2. The number of aromatic nitrogens is 2. The summed E-state index contributed by atoms with van der Waals surface area (Å²) in [7, 11) is -3.27. The quantitative estimate of drug-likeness (QED) is 0.835. The van der Waals surface area contributed by atoms with Crippen LogP contribution in [0.25, 0.3) is 0 Å². The van der Waals surface area contributed by atoms with Gasteiger partial charge in [0.25, 0.3) is 5.91 Å². The SMILES string of the molecule is C[C@@H]1Cc2c(C(=O)N3CCN(S(C)(=O)=O)CC3(C)C)n[nH]c2[C@H](C)O1. The van der Waals surface area contributed by atoms with Crippen molar-refractivity contribution in [1.82, 2.24) is 19.4 Å². The number of amides is 1. The Morgan fingerprint density at radius 2 is 2.00 bits per heavy atom. The van der Waals surface area contributed by atoms with Gasteiger partial charge in [0.15, 0.2) is 5.69 Å². The number of carbonyl (C=O) groups is 1. The Bertz CT molecular complexity index is 786. The van der Waals surface area contributed by atoms with Gasteiger partial charge in [0.2, 0.25) is 10.0 Å². The second-order valence-electron chi connectivity index (χ2n) is 7.62. The lowest BCUT2D eigenvalue weighted by atomic mass is 9.96. The van der Waals surface area contributed by atoms with E-state index in [2.05, 4.69) is 10.2 Å². The molecule has 1 amide bonds. The molecule has 1 fully saturated rings. The van der Waals surface area contributed by atoms with Gasteiger partial charge in [-0.05, 0) is 27.7 Å². The maximum atomic E-state index is 13.2. The largest absolute Gasteiger partial charge is 0.369 e. The lowest BCUT2D eigenvalue weighted by molar-refractivity contribution is -0.00714. The van der Waals surface area contributed by atoms with Crippen LogP contribution in [0, 0.1) is 0 Å². The third-order valence-electron chi connectivity index (χ3n) is 5.02. The fourth-order valence-electron chi connectivity index (χ4n) is 3.75. The summed E-state index contributed by atoms with van der Waals surface area (Å²) >= 11 is 0. The van der Waals surface area contributed by atoms with E-state index in [0.29, 0.717) is 25.2 Å². The minimum atomic E-state index is -3.27. The molecule has 140 valence electrons. The van der Waals surface area contributed by atoms with Gasteiger partial charge in [-0.25, -0.2) is 8.42 Å². The van der Waals surface area contributed by atoms with Crippen molar-refractivity contribution in [3.05, 3.63) is 17.0 Å². The van der Waals surface area contributed by atoms with Crippen molar-refractivity contribution in [3.63, 3.8) is 0 Å². The van der Waals surface area contributed by atoms with Crippen LogP contribution < -0.4 is 0 Å². The maximum Gasteiger partial charge on any atom is 0.275 e. The van der Waals surface area contributed by atoms with Gasteiger partial charge in [0.05, 0.1) is 29.7 Å². The molecule has 0 saturated carbocycles. The van der Waals surface area contributed by atoms with E-state index < -0.39 is 15.6 Å². The fourth-order valence-corrected chi connectivity index (χ4v) is 4.71. The molecule has 1 N–H and O–H groups in total. The number of aromatic amines is 1. The van der Waals surface area contributed by atoms with E-state index in [0.717, 1.165) is 11.3 Å². The Labute approximate surface area is 148 Å². The number of rotatable bonds is 2. The summed E-state index contributed by atoms with van der Waals surface area (Å²) in [5, 5.41) is 7.21. The molecular formula is C16H26N4O4S. The van der Waals surface area contributed by atoms with Crippen molar-refractivity contribution in [2.75, 3.05) is 25.9 Å². The second-order valence-corrected chi connectivity index (χ2v) is 9.61. The van der Waals surface area contributed by atoms with Gasteiger partial charge in [0.1, 0.15) is 0 Å². The molecule has 2 aliphatic rings. The highest BCUT2D eigenvalue weighted by molar-refractivity contribution is 7.88. The van der Waals surface area contributed by atoms with E-state index in [-0.39, 0.29) is 24.7 Å². The number of hydrogen-bond acceptors (Lipinski definition) is 5. The van der Waals surface area contributed by atoms with Crippen LogP contribution in [0.3, 0.4) is 0 Å².